The van der Waals surface area contributed by atoms with Gasteiger partial charge in [-0.1, -0.05) is 30.3 Å². The minimum atomic E-state index is -0.757. The van der Waals surface area contributed by atoms with Crippen LogP contribution in [0.2, 0.25) is 0 Å². The van der Waals surface area contributed by atoms with Gasteiger partial charge in [0.25, 0.3) is 5.91 Å². The van der Waals surface area contributed by atoms with E-state index in [-0.39, 0.29) is 11.7 Å². The minimum Gasteiger partial charge on any atom is -0.293 e. The predicted octanol–water partition coefficient (Wildman–Crippen LogP) is 0.991. The molecule has 1 aliphatic rings. The van der Waals surface area contributed by atoms with Crippen LogP contribution in [0.3, 0.4) is 0 Å². The minimum absolute atomic E-state index is 0.202. The Kier molecular flexibility index (Phi) is 2.33. The van der Waals surface area contributed by atoms with Crippen LogP contribution in [0.25, 0.3) is 0 Å². The number of Topliss-reactive ketones (excluding diaryl/α,β-unsaturated/α-hetero) is 1. The average Bonchev–Trinajstić information content (AvgIpc) is 2.59. The fourth-order valence-electron chi connectivity index (χ4n) is 1.54. The summed E-state index contributed by atoms with van der Waals surface area (Å²) in [5, 5.41) is 3.74. The summed E-state index contributed by atoms with van der Waals surface area (Å²) in [6, 6.07) is 8.76. The number of hydrogen-bond donors (Lipinski definition) is 1. The van der Waals surface area contributed by atoms with Gasteiger partial charge in [0.05, 0.1) is 5.71 Å². The van der Waals surface area contributed by atoms with Crippen LogP contribution in [-0.2, 0) is 4.79 Å². The molecule has 1 atom stereocenters. The highest BCUT2D eigenvalue weighted by Gasteiger charge is 2.34. The highest BCUT2D eigenvalue weighted by atomic mass is 16.2. The summed E-state index contributed by atoms with van der Waals surface area (Å²) in [6.07, 6.45) is 0. The van der Waals surface area contributed by atoms with E-state index in [0.717, 1.165) is 0 Å². The van der Waals surface area contributed by atoms with Gasteiger partial charge in [-0.2, -0.15) is 5.10 Å². The van der Waals surface area contributed by atoms with Crippen LogP contribution in [-0.4, -0.2) is 17.4 Å². The van der Waals surface area contributed by atoms with Gasteiger partial charge in [-0.15, -0.1) is 0 Å². The molecule has 76 valence electrons. The number of benzene rings is 1. The molecule has 1 aromatic rings. The van der Waals surface area contributed by atoms with Crippen molar-refractivity contribution >= 4 is 17.4 Å². The van der Waals surface area contributed by atoms with E-state index in [2.05, 4.69) is 10.5 Å². The van der Waals surface area contributed by atoms with Crippen LogP contribution in [0.15, 0.2) is 35.4 Å². The maximum atomic E-state index is 11.9. The molecule has 1 unspecified atom stereocenters. The van der Waals surface area contributed by atoms with Crippen molar-refractivity contribution in [2.24, 2.45) is 11.0 Å². The zero-order valence-electron chi connectivity index (χ0n) is 8.23. The number of carbonyl (C=O) groups excluding carboxylic acids is 2. The van der Waals surface area contributed by atoms with Crippen LogP contribution in [0, 0.1) is 5.92 Å². The van der Waals surface area contributed by atoms with Gasteiger partial charge in [-0.25, -0.2) is 5.43 Å². The van der Waals surface area contributed by atoms with E-state index in [1.807, 2.05) is 6.07 Å². The molecule has 0 radical (unpaired) electrons. The lowest BCUT2D eigenvalue weighted by molar-refractivity contribution is -0.121. The van der Waals surface area contributed by atoms with Gasteiger partial charge >= 0.3 is 0 Å². The summed E-state index contributed by atoms with van der Waals surface area (Å²) in [5.74, 6) is -1.30. The third-order valence-corrected chi connectivity index (χ3v) is 2.34. The number of ketones is 1. The Labute approximate surface area is 87.0 Å². The van der Waals surface area contributed by atoms with Crippen LogP contribution >= 0.6 is 0 Å². The zero-order valence-corrected chi connectivity index (χ0v) is 8.23. The van der Waals surface area contributed by atoms with E-state index in [1.165, 1.54) is 0 Å². The van der Waals surface area contributed by atoms with Gasteiger partial charge in [-0.05, 0) is 6.92 Å². The van der Waals surface area contributed by atoms with Gasteiger partial charge in [0.15, 0.2) is 5.78 Å². The number of hydrogen-bond acceptors (Lipinski definition) is 3. The number of nitrogens with one attached hydrogen (secondary N) is 1. The van der Waals surface area contributed by atoms with Gasteiger partial charge < -0.3 is 0 Å². The van der Waals surface area contributed by atoms with Gasteiger partial charge in [0.1, 0.15) is 5.92 Å². The molecule has 2 rings (SSSR count). The second-order valence-corrected chi connectivity index (χ2v) is 3.39. The van der Waals surface area contributed by atoms with Crippen molar-refractivity contribution < 1.29 is 9.59 Å². The second kappa shape index (κ2) is 3.65. The first kappa shape index (κ1) is 9.58. The van der Waals surface area contributed by atoms with E-state index in [0.29, 0.717) is 11.3 Å². The molecule has 1 N–H and O–H groups in total. The van der Waals surface area contributed by atoms with E-state index in [4.69, 9.17) is 0 Å². The fraction of sp³-hybridized carbons (Fsp3) is 0.182. The molecular formula is C11H10N2O2. The highest BCUT2D eigenvalue weighted by Crippen LogP contribution is 2.14. The fourth-order valence-corrected chi connectivity index (χ4v) is 1.54. The number of nitrogens with zero attached hydrogens (tertiary/aromatic N) is 1. The number of amides is 1. The Morgan fingerprint density at radius 3 is 2.53 bits per heavy atom. The van der Waals surface area contributed by atoms with Crippen LogP contribution in [0.1, 0.15) is 17.3 Å². The molecule has 0 aromatic heterocycles. The summed E-state index contributed by atoms with van der Waals surface area (Å²) in [6.45, 7) is 1.67. The van der Waals surface area contributed by atoms with Crippen molar-refractivity contribution in [3.63, 3.8) is 0 Å². The Morgan fingerprint density at radius 2 is 2.00 bits per heavy atom. The lowest BCUT2D eigenvalue weighted by atomic mass is 9.94. The Balaban J connectivity index is 2.30. The first-order valence-corrected chi connectivity index (χ1v) is 4.63. The summed E-state index contributed by atoms with van der Waals surface area (Å²) < 4.78 is 0. The largest absolute Gasteiger partial charge is 0.293 e. The molecule has 0 saturated heterocycles. The number of rotatable bonds is 2. The first-order valence-electron chi connectivity index (χ1n) is 4.63. The van der Waals surface area contributed by atoms with Gasteiger partial charge in [0, 0.05) is 5.56 Å². The Bertz CT molecular complexity index is 437. The van der Waals surface area contributed by atoms with E-state index in [1.54, 1.807) is 31.2 Å². The smallest absolute Gasteiger partial charge is 0.256 e. The molecule has 0 saturated carbocycles. The molecule has 4 heteroatoms. The lowest BCUT2D eigenvalue weighted by Gasteiger charge is -2.05. The molecule has 1 amide bonds. The molecule has 0 bridgehead atoms. The van der Waals surface area contributed by atoms with Crippen LogP contribution in [0.5, 0.6) is 0 Å². The van der Waals surface area contributed by atoms with Crippen molar-refractivity contribution in [2.45, 2.75) is 6.92 Å². The standard InChI is InChI=1S/C11H10N2O2/c1-7-9(11(15)13-12-7)10(14)8-5-3-2-4-6-8/h2-6,9H,1H3,(H,13,15). The van der Waals surface area contributed by atoms with Gasteiger partial charge in [-0.3, -0.25) is 9.59 Å². The van der Waals surface area contributed by atoms with Crippen molar-refractivity contribution in [3.8, 4) is 0 Å². The predicted molar refractivity (Wildman–Crippen MR) is 55.5 cm³/mol. The lowest BCUT2D eigenvalue weighted by Crippen LogP contribution is -2.29. The Morgan fingerprint density at radius 1 is 1.33 bits per heavy atom. The van der Waals surface area contributed by atoms with Crippen molar-refractivity contribution in [2.75, 3.05) is 0 Å². The van der Waals surface area contributed by atoms with Crippen molar-refractivity contribution in [1.82, 2.24) is 5.43 Å². The van der Waals surface area contributed by atoms with E-state index in [9.17, 15) is 9.59 Å². The summed E-state index contributed by atoms with van der Waals surface area (Å²) in [4.78, 5) is 23.3. The third-order valence-electron chi connectivity index (χ3n) is 2.34. The SMILES string of the molecule is CC1=NNC(=O)C1C(=O)c1ccccc1. The molecule has 0 fully saturated rings. The maximum Gasteiger partial charge on any atom is 0.256 e. The quantitative estimate of drug-likeness (QED) is 0.574. The molecular weight excluding hydrogens is 192 g/mol. The molecule has 4 nitrogen and oxygen atoms in total. The monoisotopic (exact) mass is 202 g/mol. The topological polar surface area (TPSA) is 58.5 Å². The van der Waals surface area contributed by atoms with Crippen LogP contribution < -0.4 is 5.43 Å². The highest BCUT2D eigenvalue weighted by molar-refractivity contribution is 6.26. The first-order chi connectivity index (χ1) is 7.20. The number of hydrazone groups is 1. The molecule has 1 heterocycles. The maximum absolute atomic E-state index is 11.9. The molecule has 1 aromatic carbocycles. The van der Waals surface area contributed by atoms with Gasteiger partial charge in [0.2, 0.25) is 0 Å². The zero-order chi connectivity index (χ0) is 10.8. The molecule has 1 aliphatic heterocycles. The average molecular weight is 202 g/mol. The Hall–Kier alpha value is -1.97. The van der Waals surface area contributed by atoms with Crippen LogP contribution in [0.4, 0.5) is 0 Å². The van der Waals surface area contributed by atoms with E-state index >= 15 is 0 Å². The summed E-state index contributed by atoms with van der Waals surface area (Å²) in [5.41, 5.74) is 3.36. The normalized spacial score (nSPS) is 19.7. The third kappa shape index (κ3) is 1.66. The van der Waals surface area contributed by atoms with Crippen molar-refractivity contribution in [3.05, 3.63) is 35.9 Å². The molecule has 0 aliphatic carbocycles. The second-order valence-electron chi connectivity index (χ2n) is 3.39. The summed E-state index contributed by atoms with van der Waals surface area (Å²) in [7, 11) is 0. The molecule has 0 spiro atoms. The molecule has 15 heavy (non-hydrogen) atoms. The van der Waals surface area contributed by atoms with E-state index < -0.39 is 5.92 Å². The van der Waals surface area contributed by atoms with Crippen molar-refractivity contribution in [1.29, 1.82) is 0 Å². The number of carbonyl (C=O) groups is 2. The summed E-state index contributed by atoms with van der Waals surface area (Å²) >= 11 is 0.